The van der Waals surface area contributed by atoms with Crippen LogP contribution in [0.3, 0.4) is 0 Å². The van der Waals surface area contributed by atoms with E-state index in [1.165, 1.54) is 6.92 Å². The lowest BCUT2D eigenvalue weighted by atomic mass is 10.1. The second-order valence-corrected chi connectivity index (χ2v) is 3.92. The van der Waals surface area contributed by atoms with Crippen LogP contribution < -0.4 is 4.74 Å². The predicted molar refractivity (Wildman–Crippen MR) is 58.7 cm³/mol. The molecule has 0 atom stereocenters. The summed E-state index contributed by atoms with van der Waals surface area (Å²) in [6, 6.07) is 2.02. The molecule has 0 aromatic heterocycles. The number of alkyl halides is 5. The molecule has 0 saturated carbocycles. The Morgan fingerprint density at radius 3 is 2.35 bits per heavy atom. The predicted octanol–water partition coefficient (Wildman–Crippen LogP) is 3.89. The van der Waals surface area contributed by atoms with E-state index >= 15 is 0 Å². The molecule has 0 aliphatic carbocycles. The Balaban J connectivity index is 3.26. The molecule has 20 heavy (non-hydrogen) atoms. The van der Waals surface area contributed by atoms with Gasteiger partial charge in [0.05, 0.1) is 12.2 Å². The highest BCUT2D eigenvalue weighted by atomic mass is 35.5. The van der Waals surface area contributed by atoms with Crippen molar-refractivity contribution in [3.8, 4) is 5.75 Å². The van der Waals surface area contributed by atoms with Crippen molar-refractivity contribution < 1.29 is 36.2 Å². The van der Waals surface area contributed by atoms with Gasteiger partial charge in [-0.1, -0.05) is 11.6 Å². The first-order valence-corrected chi connectivity index (χ1v) is 5.56. The Morgan fingerprint density at radius 1 is 1.25 bits per heavy atom. The normalized spacial score (nSPS) is 12.2. The van der Waals surface area contributed by atoms with Crippen LogP contribution in [0.1, 0.15) is 12.5 Å². The molecule has 1 aromatic rings. The van der Waals surface area contributed by atoms with Gasteiger partial charge >= 0.3 is 18.3 Å². The SMILES string of the molecule is CCOC(=O)C(F)(F)c1ccc(Cl)cc1OC(F)(F)F. The summed E-state index contributed by atoms with van der Waals surface area (Å²) in [5, 5.41) is -0.257. The van der Waals surface area contributed by atoms with Crippen LogP contribution >= 0.6 is 11.6 Å². The van der Waals surface area contributed by atoms with Gasteiger partial charge in [0, 0.05) is 5.02 Å². The summed E-state index contributed by atoms with van der Waals surface area (Å²) < 4.78 is 71.5. The molecule has 0 unspecified atom stereocenters. The van der Waals surface area contributed by atoms with Crippen molar-refractivity contribution in [2.24, 2.45) is 0 Å². The maximum Gasteiger partial charge on any atom is 0.573 e. The summed E-state index contributed by atoms with van der Waals surface area (Å²) in [6.45, 7) is 0.931. The van der Waals surface area contributed by atoms with Crippen LogP contribution in [0.4, 0.5) is 22.0 Å². The fraction of sp³-hybridized carbons (Fsp3) is 0.364. The van der Waals surface area contributed by atoms with Gasteiger partial charge in [-0.2, -0.15) is 8.78 Å². The first-order valence-electron chi connectivity index (χ1n) is 5.18. The van der Waals surface area contributed by atoms with E-state index in [-0.39, 0.29) is 11.6 Å². The van der Waals surface area contributed by atoms with Gasteiger partial charge in [0.1, 0.15) is 5.75 Å². The lowest BCUT2D eigenvalue weighted by molar-refractivity contribution is -0.275. The highest BCUT2D eigenvalue weighted by molar-refractivity contribution is 6.30. The largest absolute Gasteiger partial charge is 0.573 e. The van der Waals surface area contributed by atoms with Crippen molar-refractivity contribution in [2.45, 2.75) is 19.2 Å². The minimum Gasteiger partial charge on any atom is -0.461 e. The molecule has 0 saturated heterocycles. The molecule has 0 bridgehead atoms. The average Bonchev–Trinajstić information content (AvgIpc) is 2.26. The number of halogens is 6. The molecular formula is C11H8ClF5O3. The van der Waals surface area contributed by atoms with Gasteiger partial charge in [-0.3, -0.25) is 0 Å². The van der Waals surface area contributed by atoms with E-state index in [9.17, 15) is 26.7 Å². The van der Waals surface area contributed by atoms with Crippen molar-refractivity contribution in [1.29, 1.82) is 0 Å². The van der Waals surface area contributed by atoms with Crippen LogP contribution in [0.5, 0.6) is 5.75 Å². The van der Waals surface area contributed by atoms with E-state index in [0.717, 1.165) is 6.07 Å². The molecule has 3 nitrogen and oxygen atoms in total. The highest BCUT2D eigenvalue weighted by Gasteiger charge is 2.46. The average molecular weight is 319 g/mol. The zero-order valence-corrected chi connectivity index (χ0v) is 10.7. The van der Waals surface area contributed by atoms with Crippen molar-refractivity contribution >= 4 is 17.6 Å². The van der Waals surface area contributed by atoms with E-state index in [1.54, 1.807) is 0 Å². The van der Waals surface area contributed by atoms with Gasteiger partial charge in [-0.05, 0) is 25.1 Å². The third-order valence-electron chi connectivity index (χ3n) is 2.04. The quantitative estimate of drug-likeness (QED) is 0.624. The van der Waals surface area contributed by atoms with E-state index < -0.39 is 29.6 Å². The fourth-order valence-electron chi connectivity index (χ4n) is 1.30. The van der Waals surface area contributed by atoms with Gasteiger partial charge in [-0.15, -0.1) is 13.2 Å². The van der Waals surface area contributed by atoms with Crippen molar-refractivity contribution in [1.82, 2.24) is 0 Å². The number of hydrogen-bond acceptors (Lipinski definition) is 3. The summed E-state index contributed by atoms with van der Waals surface area (Å²) in [5.41, 5.74) is -1.28. The molecule has 112 valence electrons. The summed E-state index contributed by atoms with van der Waals surface area (Å²) in [7, 11) is 0. The summed E-state index contributed by atoms with van der Waals surface area (Å²) in [5.74, 6) is -7.53. The molecule has 9 heteroatoms. The molecule has 0 aliphatic heterocycles. The second kappa shape index (κ2) is 5.82. The second-order valence-electron chi connectivity index (χ2n) is 3.48. The molecule has 0 fully saturated rings. The lowest BCUT2D eigenvalue weighted by Gasteiger charge is -2.19. The van der Waals surface area contributed by atoms with Crippen LogP contribution in [0.15, 0.2) is 18.2 Å². The Hall–Kier alpha value is -1.57. The van der Waals surface area contributed by atoms with Crippen LogP contribution in [0.25, 0.3) is 0 Å². The van der Waals surface area contributed by atoms with E-state index in [4.69, 9.17) is 11.6 Å². The third-order valence-corrected chi connectivity index (χ3v) is 2.27. The fourth-order valence-corrected chi connectivity index (χ4v) is 1.46. The Kier molecular flexibility index (Phi) is 4.80. The standard InChI is InChI=1S/C11H8ClF5O3/c1-2-19-9(18)10(13,14)7-4-3-6(12)5-8(7)20-11(15,16)17/h3-5H,2H2,1H3. The molecular weight excluding hydrogens is 311 g/mol. The molecule has 1 rings (SSSR count). The van der Waals surface area contributed by atoms with Crippen LogP contribution in [0, 0.1) is 0 Å². The summed E-state index contributed by atoms with van der Waals surface area (Å²) in [6.07, 6.45) is -5.20. The van der Waals surface area contributed by atoms with E-state index in [2.05, 4.69) is 9.47 Å². The monoisotopic (exact) mass is 318 g/mol. The van der Waals surface area contributed by atoms with E-state index in [1.807, 2.05) is 0 Å². The zero-order valence-electron chi connectivity index (χ0n) is 9.93. The minimum absolute atomic E-state index is 0.257. The minimum atomic E-state index is -5.20. The van der Waals surface area contributed by atoms with Gasteiger partial charge in [0.15, 0.2) is 0 Å². The first kappa shape index (κ1) is 16.5. The molecule has 0 heterocycles. The molecule has 0 aliphatic rings. The molecule has 0 amide bonds. The van der Waals surface area contributed by atoms with E-state index in [0.29, 0.717) is 12.1 Å². The molecule has 0 radical (unpaired) electrons. The Morgan fingerprint density at radius 2 is 1.85 bits per heavy atom. The zero-order chi connectivity index (χ0) is 15.6. The van der Waals surface area contributed by atoms with Crippen LogP contribution in [-0.4, -0.2) is 18.9 Å². The Bertz CT molecular complexity index is 501. The molecule has 0 spiro atoms. The summed E-state index contributed by atoms with van der Waals surface area (Å²) >= 11 is 5.43. The van der Waals surface area contributed by atoms with Crippen molar-refractivity contribution in [3.05, 3.63) is 28.8 Å². The topological polar surface area (TPSA) is 35.5 Å². The number of benzene rings is 1. The number of ether oxygens (including phenoxy) is 2. The number of carbonyl (C=O) groups excluding carboxylic acids is 1. The van der Waals surface area contributed by atoms with Crippen LogP contribution in [0.2, 0.25) is 5.02 Å². The van der Waals surface area contributed by atoms with Gasteiger partial charge in [0.25, 0.3) is 0 Å². The number of rotatable bonds is 4. The summed E-state index contributed by atoms with van der Waals surface area (Å²) in [4.78, 5) is 11.1. The Labute approximate surface area is 115 Å². The maximum absolute atomic E-state index is 13.7. The number of esters is 1. The molecule has 1 aromatic carbocycles. The number of carbonyl (C=O) groups is 1. The van der Waals surface area contributed by atoms with Gasteiger partial charge < -0.3 is 9.47 Å². The van der Waals surface area contributed by atoms with Crippen molar-refractivity contribution in [2.75, 3.05) is 6.61 Å². The molecule has 0 N–H and O–H groups in total. The third kappa shape index (κ3) is 3.96. The number of hydrogen-bond donors (Lipinski definition) is 0. The first-order chi connectivity index (χ1) is 9.08. The smallest absolute Gasteiger partial charge is 0.461 e. The van der Waals surface area contributed by atoms with Gasteiger partial charge in [-0.25, -0.2) is 4.79 Å². The van der Waals surface area contributed by atoms with Crippen LogP contribution in [-0.2, 0) is 15.5 Å². The highest BCUT2D eigenvalue weighted by Crippen LogP contribution is 2.39. The van der Waals surface area contributed by atoms with Crippen molar-refractivity contribution in [3.63, 3.8) is 0 Å². The van der Waals surface area contributed by atoms with Gasteiger partial charge in [0.2, 0.25) is 0 Å². The maximum atomic E-state index is 13.7. The lowest BCUT2D eigenvalue weighted by Crippen LogP contribution is -2.30.